The van der Waals surface area contributed by atoms with Crippen LogP contribution >= 0.6 is 0 Å². The smallest absolute Gasteiger partial charge is 0.276 e. The van der Waals surface area contributed by atoms with Crippen molar-refractivity contribution in [2.75, 3.05) is 44.4 Å². The molecule has 0 radical (unpaired) electrons. The van der Waals surface area contributed by atoms with E-state index in [1.807, 2.05) is 30.3 Å². The van der Waals surface area contributed by atoms with Crippen LogP contribution in [0.3, 0.4) is 0 Å². The van der Waals surface area contributed by atoms with Crippen LogP contribution in [-0.4, -0.2) is 66.9 Å². The lowest BCUT2D eigenvalue weighted by Gasteiger charge is -2.43. The molecule has 0 aliphatic carbocycles. The molecule has 0 saturated carbocycles. The molecule has 1 spiro atoms. The van der Waals surface area contributed by atoms with Crippen molar-refractivity contribution in [3.63, 3.8) is 0 Å². The van der Waals surface area contributed by atoms with Crippen molar-refractivity contribution in [2.45, 2.75) is 5.60 Å². The fourth-order valence-corrected chi connectivity index (χ4v) is 3.35. The Morgan fingerprint density at radius 3 is 2.77 bits per heavy atom. The third-order valence-corrected chi connectivity index (χ3v) is 4.60. The summed E-state index contributed by atoms with van der Waals surface area (Å²) < 4.78 is 16.4. The number of benzene rings is 1. The van der Waals surface area contributed by atoms with Crippen molar-refractivity contribution >= 4 is 17.5 Å². The average Bonchev–Trinajstić information content (AvgIpc) is 3.16. The molecule has 8 heteroatoms. The molecule has 2 aliphatic rings. The van der Waals surface area contributed by atoms with Crippen molar-refractivity contribution in [3.8, 4) is 0 Å². The van der Waals surface area contributed by atoms with Gasteiger partial charge in [-0.3, -0.25) is 9.59 Å². The summed E-state index contributed by atoms with van der Waals surface area (Å²) in [5.41, 5.74) is 0.262. The number of para-hydroxylation sites is 1. The van der Waals surface area contributed by atoms with Gasteiger partial charge in [-0.15, -0.1) is 0 Å². The van der Waals surface area contributed by atoms with E-state index in [1.165, 1.54) is 12.3 Å². The Morgan fingerprint density at radius 1 is 1.15 bits per heavy atom. The van der Waals surface area contributed by atoms with Gasteiger partial charge in [-0.05, 0) is 12.1 Å². The second-order valence-electron chi connectivity index (χ2n) is 6.45. The first-order valence-corrected chi connectivity index (χ1v) is 8.44. The molecule has 4 rings (SSSR count). The monoisotopic (exact) mass is 357 g/mol. The Labute approximate surface area is 150 Å². The third-order valence-electron chi connectivity index (χ3n) is 4.60. The Morgan fingerprint density at radius 2 is 2.00 bits per heavy atom. The molecule has 1 aromatic carbocycles. The van der Waals surface area contributed by atoms with E-state index < -0.39 is 5.60 Å². The van der Waals surface area contributed by atoms with Gasteiger partial charge in [-0.1, -0.05) is 23.4 Å². The van der Waals surface area contributed by atoms with Crippen LogP contribution in [0, 0.1) is 0 Å². The molecule has 26 heavy (non-hydrogen) atoms. The predicted molar refractivity (Wildman–Crippen MR) is 90.7 cm³/mol. The van der Waals surface area contributed by atoms with E-state index in [2.05, 4.69) is 5.16 Å². The van der Waals surface area contributed by atoms with Gasteiger partial charge in [0.05, 0.1) is 26.3 Å². The fourth-order valence-electron chi connectivity index (χ4n) is 3.35. The number of anilines is 1. The van der Waals surface area contributed by atoms with Gasteiger partial charge in [0.1, 0.15) is 18.5 Å². The SMILES string of the molecule is O=C(c1ccon1)N1CCOC2(COCC(=O)N(c3ccccc3)C2)C1. The molecule has 1 atom stereocenters. The molecule has 2 fully saturated rings. The van der Waals surface area contributed by atoms with Gasteiger partial charge in [0.25, 0.3) is 11.8 Å². The summed E-state index contributed by atoms with van der Waals surface area (Å²) in [6, 6.07) is 10.9. The molecule has 2 saturated heterocycles. The van der Waals surface area contributed by atoms with Crippen LogP contribution in [0.4, 0.5) is 5.69 Å². The maximum absolute atomic E-state index is 12.6. The average molecular weight is 357 g/mol. The molecule has 0 bridgehead atoms. The van der Waals surface area contributed by atoms with E-state index in [0.717, 1.165) is 5.69 Å². The minimum Gasteiger partial charge on any atom is -0.368 e. The van der Waals surface area contributed by atoms with Crippen LogP contribution in [0.25, 0.3) is 0 Å². The number of ether oxygens (including phenoxy) is 2. The lowest BCUT2D eigenvalue weighted by atomic mass is 10.0. The van der Waals surface area contributed by atoms with Crippen LogP contribution in [0.1, 0.15) is 10.5 Å². The standard InChI is InChI=1S/C18H19N3O5/c22-16-10-24-13-18(12-21(16)14-4-2-1-3-5-14)11-20(7-9-25-18)17(23)15-6-8-26-19-15/h1-6,8H,7,9-13H2. The topological polar surface area (TPSA) is 85.1 Å². The Hall–Kier alpha value is -2.71. The van der Waals surface area contributed by atoms with E-state index in [1.54, 1.807) is 9.80 Å². The first kappa shape index (κ1) is 16.7. The first-order chi connectivity index (χ1) is 12.7. The Kier molecular flexibility index (Phi) is 4.44. The second kappa shape index (κ2) is 6.89. The zero-order valence-electron chi connectivity index (χ0n) is 14.2. The maximum atomic E-state index is 12.6. The summed E-state index contributed by atoms with van der Waals surface area (Å²) in [4.78, 5) is 28.4. The zero-order chi connectivity index (χ0) is 18.0. The van der Waals surface area contributed by atoms with E-state index in [-0.39, 0.29) is 30.7 Å². The lowest BCUT2D eigenvalue weighted by Crippen LogP contribution is -2.60. The van der Waals surface area contributed by atoms with Gasteiger partial charge < -0.3 is 23.8 Å². The predicted octanol–water partition coefficient (Wildman–Crippen LogP) is 0.949. The number of hydrogen-bond donors (Lipinski definition) is 0. The minimum atomic E-state index is -0.778. The van der Waals surface area contributed by atoms with Crippen molar-refractivity contribution < 1.29 is 23.6 Å². The van der Waals surface area contributed by atoms with Crippen molar-refractivity contribution in [1.29, 1.82) is 0 Å². The molecule has 1 unspecified atom stereocenters. The highest BCUT2D eigenvalue weighted by molar-refractivity contribution is 5.95. The molecule has 2 aromatic rings. The van der Waals surface area contributed by atoms with Gasteiger partial charge in [0.15, 0.2) is 5.69 Å². The zero-order valence-corrected chi connectivity index (χ0v) is 14.2. The van der Waals surface area contributed by atoms with Crippen LogP contribution < -0.4 is 4.90 Å². The number of morpholine rings is 1. The highest BCUT2D eigenvalue weighted by Crippen LogP contribution is 2.27. The summed E-state index contributed by atoms with van der Waals surface area (Å²) in [5.74, 6) is -0.347. The third kappa shape index (κ3) is 3.21. The van der Waals surface area contributed by atoms with Crippen LogP contribution in [-0.2, 0) is 14.3 Å². The van der Waals surface area contributed by atoms with Crippen molar-refractivity contribution in [1.82, 2.24) is 10.1 Å². The van der Waals surface area contributed by atoms with Crippen molar-refractivity contribution in [3.05, 3.63) is 48.4 Å². The minimum absolute atomic E-state index is 0.0166. The number of carbonyl (C=O) groups is 2. The first-order valence-electron chi connectivity index (χ1n) is 8.44. The fraction of sp³-hybridized carbons (Fsp3) is 0.389. The van der Waals surface area contributed by atoms with Gasteiger partial charge >= 0.3 is 0 Å². The van der Waals surface area contributed by atoms with Crippen LogP contribution in [0.2, 0.25) is 0 Å². The summed E-state index contributed by atoms with van der Waals surface area (Å²) in [6.45, 7) is 1.67. The molecule has 1 aromatic heterocycles. The number of rotatable bonds is 2. The number of nitrogens with zero attached hydrogens (tertiary/aromatic N) is 3. The Bertz CT molecular complexity index is 779. The van der Waals surface area contributed by atoms with Crippen LogP contribution in [0.15, 0.2) is 47.2 Å². The highest BCUT2D eigenvalue weighted by atomic mass is 16.5. The van der Waals surface area contributed by atoms with E-state index in [0.29, 0.717) is 26.2 Å². The van der Waals surface area contributed by atoms with E-state index in [9.17, 15) is 9.59 Å². The second-order valence-corrected chi connectivity index (χ2v) is 6.45. The molecular formula is C18H19N3O5. The molecule has 2 aliphatic heterocycles. The molecular weight excluding hydrogens is 338 g/mol. The molecule has 0 N–H and O–H groups in total. The molecule has 136 valence electrons. The lowest BCUT2D eigenvalue weighted by molar-refractivity contribution is -0.128. The number of hydrogen-bond acceptors (Lipinski definition) is 6. The van der Waals surface area contributed by atoms with Gasteiger partial charge in [-0.2, -0.15) is 0 Å². The van der Waals surface area contributed by atoms with E-state index in [4.69, 9.17) is 14.0 Å². The van der Waals surface area contributed by atoms with Crippen molar-refractivity contribution in [2.24, 2.45) is 0 Å². The molecule has 2 amide bonds. The van der Waals surface area contributed by atoms with Crippen LogP contribution in [0.5, 0.6) is 0 Å². The highest BCUT2D eigenvalue weighted by Gasteiger charge is 2.44. The number of aromatic nitrogens is 1. The summed E-state index contributed by atoms with van der Waals surface area (Å²) in [7, 11) is 0. The summed E-state index contributed by atoms with van der Waals surface area (Å²) in [5, 5.41) is 3.72. The largest absolute Gasteiger partial charge is 0.368 e. The van der Waals surface area contributed by atoms with Gasteiger partial charge in [-0.25, -0.2) is 0 Å². The van der Waals surface area contributed by atoms with Gasteiger partial charge in [0.2, 0.25) is 0 Å². The van der Waals surface area contributed by atoms with E-state index >= 15 is 0 Å². The summed E-state index contributed by atoms with van der Waals surface area (Å²) in [6.07, 6.45) is 1.37. The molecule has 8 nitrogen and oxygen atoms in total. The van der Waals surface area contributed by atoms with Gasteiger partial charge in [0, 0.05) is 18.3 Å². The number of amides is 2. The Balaban J connectivity index is 1.58. The summed E-state index contributed by atoms with van der Waals surface area (Å²) >= 11 is 0. The normalized spacial score (nSPS) is 23.9. The number of carbonyl (C=O) groups excluding carboxylic acids is 2. The quantitative estimate of drug-likeness (QED) is 0.796. The maximum Gasteiger partial charge on any atom is 0.276 e. The molecule has 3 heterocycles.